The van der Waals surface area contributed by atoms with Crippen LogP contribution in [0, 0.1) is 0 Å². The molecule has 0 aliphatic carbocycles. The summed E-state index contributed by atoms with van der Waals surface area (Å²) in [6.45, 7) is 2.20. The molecule has 4 rings (SSSR count). The van der Waals surface area contributed by atoms with Crippen molar-refractivity contribution in [2.45, 2.75) is 13.3 Å². The van der Waals surface area contributed by atoms with E-state index in [2.05, 4.69) is 65.5 Å². The van der Waals surface area contributed by atoms with Crippen LogP contribution in [0.4, 0.5) is 5.69 Å². The van der Waals surface area contributed by atoms with Crippen LogP contribution in [-0.4, -0.2) is 18.2 Å². The number of para-hydroxylation sites is 2. The zero-order valence-electron chi connectivity index (χ0n) is 14.5. The first-order valence-corrected chi connectivity index (χ1v) is 8.63. The Kier molecular flexibility index (Phi) is 3.98. The minimum atomic E-state index is 0.968. The molecule has 0 bridgehead atoms. The molecule has 1 N–H and O–H groups in total. The van der Waals surface area contributed by atoms with Crippen LogP contribution in [0.25, 0.3) is 21.8 Å². The minimum absolute atomic E-state index is 0.968. The van der Waals surface area contributed by atoms with Crippen LogP contribution in [0.15, 0.2) is 71.8 Å². The second kappa shape index (κ2) is 6.44. The summed E-state index contributed by atoms with van der Waals surface area (Å²) in [5, 5.41) is 9.13. The van der Waals surface area contributed by atoms with Crippen molar-refractivity contribution in [1.29, 1.82) is 0 Å². The van der Waals surface area contributed by atoms with Crippen molar-refractivity contribution in [3.63, 3.8) is 0 Å². The van der Waals surface area contributed by atoms with Gasteiger partial charge in [0.25, 0.3) is 0 Å². The van der Waals surface area contributed by atoms with Crippen molar-refractivity contribution in [2.24, 2.45) is 5.10 Å². The molecule has 0 spiro atoms. The maximum absolute atomic E-state index is 4.64. The van der Waals surface area contributed by atoms with Gasteiger partial charge in [-0.25, -0.2) is 0 Å². The van der Waals surface area contributed by atoms with Gasteiger partial charge < -0.3 is 4.98 Å². The summed E-state index contributed by atoms with van der Waals surface area (Å²) >= 11 is 0. The van der Waals surface area contributed by atoms with E-state index in [1.165, 1.54) is 32.9 Å². The Morgan fingerprint density at radius 3 is 2.48 bits per heavy atom. The predicted octanol–water partition coefficient (Wildman–Crippen LogP) is 5.35. The topological polar surface area (TPSA) is 31.4 Å². The second-order valence-electron chi connectivity index (χ2n) is 6.18. The molecule has 3 heteroatoms. The van der Waals surface area contributed by atoms with Gasteiger partial charge in [0.05, 0.1) is 11.9 Å². The summed E-state index contributed by atoms with van der Waals surface area (Å²) in [6, 6.07) is 23.0. The van der Waals surface area contributed by atoms with Gasteiger partial charge in [-0.3, -0.25) is 5.01 Å². The number of fused-ring (bicyclic) bond motifs is 3. The molecule has 3 nitrogen and oxygen atoms in total. The van der Waals surface area contributed by atoms with Gasteiger partial charge in [-0.1, -0.05) is 49.4 Å². The lowest BCUT2D eigenvalue weighted by Gasteiger charge is -2.13. The molecule has 0 atom stereocenters. The van der Waals surface area contributed by atoms with Gasteiger partial charge in [-0.15, -0.1) is 0 Å². The summed E-state index contributed by atoms with van der Waals surface area (Å²) in [5.74, 6) is 0. The summed E-state index contributed by atoms with van der Waals surface area (Å²) < 4.78 is 0. The molecular weight excluding hydrogens is 306 g/mol. The smallest absolute Gasteiger partial charge is 0.0590 e. The number of benzene rings is 3. The number of nitrogens with zero attached hydrogens (tertiary/aromatic N) is 2. The number of hydrogen-bond donors (Lipinski definition) is 1. The van der Waals surface area contributed by atoms with Gasteiger partial charge in [0.1, 0.15) is 0 Å². The van der Waals surface area contributed by atoms with Gasteiger partial charge in [-0.05, 0) is 41.8 Å². The quantitative estimate of drug-likeness (QED) is 0.397. The highest BCUT2D eigenvalue weighted by Gasteiger charge is 2.10. The Balaban J connectivity index is 1.79. The Bertz CT molecular complexity index is 1040. The lowest BCUT2D eigenvalue weighted by Crippen LogP contribution is -2.09. The van der Waals surface area contributed by atoms with E-state index >= 15 is 0 Å². The third-order valence-corrected chi connectivity index (χ3v) is 4.67. The number of H-pyrrole nitrogens is 1. The normalized spacial score (nSPS) is 11.6. The number of aromatic amines is 1. The number of rotatable bonds is 4. The van der Waals surface area contributed by atoms with Crippen molar-refractivity contribution in [2.75, 3.05) is 12.1 Å². The maximum atomic E-state index is 4.64. The summed E-state index contributed by atoms with van der Waals surface area (Å²) in [7, 11) is 1.97. The first-order valence-electron chi connectivity index (χ1n) is 8.63. The van der Waals surface area contributed by atoms with Gasteiger partial charge >= 0.3 is 0 Å². The van der Waals surface area contributed by atoms with E-state index in [0.717, 1.165) is 12.1 Å². The largest absolute Gasteiger partial charge is 0.355 e. The van der Waals surface area contributed by atoms with Crippen LogP contribution in [0.5, 0.6) is 0 Å². The number of nitrogens with one attached hydrogen (secondary N) is 1. The van der Waals surface area contributed by atoms with E-state index in [-0.39, 0.29) is 0 Å². The highest BCUT2D eigenvalue weighted by Crippen LogP contribution is 2.30. The Hall–Kier alpha value is -3.07. The van der Waals surface area contributed by atoms with E-state index < -0.39 is 0 Å². The Morgan fingerprint density at radius 2 is 1.68 bits per heavy atom. The maximum Gasteiger partial charge on any atom is 0.0590 e. The van der Waals surface area contributed by atoms with Crippen LogP contribution in [0.1, 0.15) is 18.1 Å². The van der Waals surface area contributed by atoms with Crippen molar-refractivity contribution >= 4 is 33.7 Å². The molecule has 0 saturated heterocycles. The number of hydrogen-bond acceptors (Lipinski definition) is 2. The van der Waals surface area contributed by atoms with E-state index in [1.807, 2.05) is 36.5 Å². The Morgan fingerprint density at radius 1 is 0.920 bits per heavy atom. The fourth-order valence-electron chi connectivity index (χ4n) is 3.39. The number of hydrazone groups is 1. The number of aromatic nitrogens is 1. The SMILES string of the molecule is CCc1c(C=NN(C)c2ccccc2)ccc2[nH]c3ccccc3c12. The number of aryl methyl sites for hydroxylation is 1. The number of anilines is 1. The molecule has 25 heavy (non-hydrogen) atoms. The molecule has 124 valence electrons. The predicted molar refractivity (Wildman–Crippen MR) is 108 cm³/mol. The first-order chi connectivity index (χ1) is 12.3. The molecule has 0 aliphatic heterocycles. The minimum Gasteiger partial charge on any atom is -0.355 e. The fourth-order valence-corrected chi connectivity index (χ4v) is 3.39. The molecule has 1 heterocycles. The van der Waals surface area contributed by atoms with Gasteiger partial charge in [0, 0.05) is 28.9 Å². The van der Waals surface area contributed by atoms with Crippen molar-refractivity contribution in [3.05, 3.63) is 77.9 Å². The van der Waals surface area contributed by atoms with E-state index in [4.69, 9.17) is 0 Å². The van der Waals surface area contributed by atoms with Crippen LogP contribution < -0.4 is 5.01 Å². The zero-order chi connectivity index (χ0) is 17.2. The average Bonchev–Trinajstić information content (AvgIpc) is 3.05. The third kappa shape index (κ3) is 2.78. The molecule has 0 aliphatic rings. The van der Waals surface area contributed by atoms with Crippen LogP contribution in [-0.2, 0) is 6.42 Å². The highest BCUT2D eigenvalue weighted by atomic mass is 15.4. The van der Waals surface area contributed by atoms with Crippen LogP contribution in [0.3, 0.4) is 0 Å². The average molecular weight is 327 g/mol. The lowest BCUT2D eigenvalue weighted by atomic mass is 9.99. The molecule has 4 aromatic rings. The summed E-state index contributed by atoms with van der Waals surface area (Å²) in [6.07, 6.45) is 2.93. The van der Waals surface area contributed by atoms with Crippen molar-refractivity contribution in [1.82, 2.24) is 4.98 Å². The van der Waals surface area contributed by atoms with Gasteiger partial charge in [0.15, 0.2) is 0 Å². The fraction of sp³-hybridized carbons (Fsp3) is 0.136. The molecular formula is C22H21N3. The first kappa shape index (κ1) is 15.5. The molecule has 0 fully saturated rings. The van der Waals surface area contributed by atoms with Crippen molar-refractivity contribution < 1.29 is 0 Å². The summed E-state index contributed by atoms with van der Waals surface area (Å²) in [5.41, 5.74) is 5.95. The lowest BCUT2D eigenvalue weighted by molar-refractivity contribution is 1.02. The van der Waals surface area contributed by atoms with Crippen molar-refractivity contribution in [3.8, 4) is 0 Å². The third-order valence-electron chi connectivity index (χ3n) is 4.67. The molecule has 0 amide bonds. The monoisotopic (exact) mass is 327 g/mol. The highest BCUT2D eigenvalue weighted by molar-refractivity contribution is 6.11. The van der Waals surface area contributed by atoms with E-state index in [9.17, 15) is 0 Å². The van der Waals surface area contributed by atoms with E-state index in [1.54, 1.807) is 0 Å². The second-order valence-corrected chi connectivity index (χ2v) is 6.18. The van der Waals surface area contributed by atoms with Gasteiger partial charge in [-0.2, -0.15) is 5.10 Å². The van der Waals surface area contributed by atoms with Crippen LogP contribution in [0.2, 0.25) is 0 Å². The van der Waals surface area contributed by atoms with Crippen LogP contribution >= 0.6 is 0 Å². The summed E-state index contributed by atoms with van der Waals surface area (Å²) in [4.78, 5) is 3.52. The van der Waals surface area contributed by atoms with E-state index in [0.29, 0.717) is 0 Å². The molecule has 3 aromatic carbocycles. The molecule has 1 aromatic heterocycles. The standard InChI is InChI=1S/C22H21N3/c1-3-18-16(15-23-25(2)17-9-5-4-6-10-17)13-14-21-22(18)19-11-7-8-12-20(19)24-21/h4-15,24H,3H2,1-2H3. The molecule has 0 radical (unpaired) electrons. The Labute approximate surface area is 147 Å². The molecule has 0 unspecified atom stereocenters. The van der Waals surface area contributed by atoms with Gasteiger partial charge in [0.2, 0.25) is 0 Å². The zero-order valence-corrected chi connectivity index (χ0v) is 14.5. The molecule has 0 saturated carbocycles.